The minimum atomic E-state index is -0.588. The molecule has 1 heterocycles. The van der Waals surface area contributed by atoms with Crippen LogP contribution in [0.3, 0.4) is 0 Å². The van der Waals surface area contributed by atoms with Crippen LogP contribution in [-0.2, 0) is 9.53 Å². The highest BCUT2D eigenvalue weighted by molar-refractivity contribution is 5.74. The molecule has 1 unspecified atom stereocenters. The molecule has 0 amide bonds. The van der Waals surface area contributed by atoms with E-state index in [0.29, 0.717) is 0 Å². The normalized spacial score (nSPS) is 29.5. The third-order valence-corrected chi connectivity index (χ3v) is 4.41. The van der Waals surface area contributed by atoms with Crippen molar-refractivity contribution in [2.75, 3.05) is 6.61 Å². The van der Waals surface area contributed by atoms with Gasteiger partial charge in [-0.2, -0.15) is 0 Å². The van der Waals surface area contributed by atoms with E-state index < -0.39 is 11.4 Å². The van der Waals surface area contributed by atoms with Gasteiger partial charge in [-0.1, -0.05) is 32.1 Å². The maximum Gasteiger partial charge on any atom is 0.309 e. The van der Waals surface area contributed by atoms with Crippen LogP contribution in [0.5, 0.6) is 0 Å². The lowest BCUT2D eigenvalue weighted by Crippen LogP contribution is -2.35. The van der Waals surface area contributed by atoms with Crippen molar-refractivity contribution in [2.45, 2.75) is 70.3 Å². The Morgan fingerprint density at radius 2 is 1.76 bits per heavy atom. The molecule has 98 valence electrons. The molecule has 1 saturated heterocycles. The number of ether oxygens (including phenoxy) is 1. The maximum atomic E-state index is 11.7. The van der Waals surface area contributed by atoms with E-state index in [9.17, 15) is 9.90 Å². The molecule has 1 aliphatic heterocycles. The highest BCUT2D eigenvalue weighted by Crippen LogP contribution is 2.40. The number of carboxylic acids is 1. The van der Waals surface area contributed by atoms with E-state index in [1.54, 1.807) is 0 Å². The molecule has 2 fully saturated rings. The van der Waals surface area contributed by atoms with Gasteiger partial charge in [0.05, 0.1) is 11.5 Å². The Morgan fingerprint density at radius 3 is 2.29 bits per heavy atom. The average molecular weight is 240 g/mol. The molecule has 0 aromatic carbocycles. The molecule has 1 saturated carbocycles. The molecule has 1 aliphatic carbocycles. The smallest absolute Gasteiger partial charge is 0.309 e. The first-order valence-corrected chi connectivity index (χ1v) is 7.08. The first-order valence-electron chi connectivity index (χ1n) is 7.08. The fourth-order valence-electron chi connectivity index (χ4n) is 3.33. The highest BCUT2D eigenvalue weighted by atomic mass is 16.5. The third-order valence-electron chi connectivity index (χ3n) is 4.41. The van der Waals surface area contributed by atoms with Crippen LogP contribution < -0.4 is 0 Å². The monoisotopic (exact) mass is 240 g/mol. The van der Waals surface area contributed by atoms with Crippen molar-refractivity contribution < 1.29 is 14.6 Å². The molecule has 2 rings (SSSR count). The van der Waals surface area contributed by atoms with Crippen molar-refractivity contribution in [1.29, 1.82) is 0 Å². The summed E-state index contributed by atoms with van der Waals surface area (Å²) >= 11 is 0. The van der Waals surface area contributed by atoms with E-state index in [1.165, 1.54) is 19.3 Å². The topological polar surface area (TPSA) is 46.5 Å². The lowest BCUT2D eigenvalue weighted by molar-refractivity contribution is -0.152. The maximum absolute atomic E-state index is 11.7. The number of hydrogen-bond donors (Lipinski definition) is 1. The van der Waals surface area contributed by atoms with Crippen molar-refractivity contribution in [3.05, 3.63) is 0 Å². The summed E-state index contributed by atoms with van der Waals surface area (Å²) in [6.45, 7) is 0.820. The van der Waals surface area contributed by atoms with Gasteiger partial charge >= 0.3 is 5.97 Å². The Balaban J connectivity index is 2.02. The molecule has 17 heavy (non-hydrogen) atoms. The van der Waals surface area contributed by atoms with Gasteiger partial charge in [0, 0.05) is 6.61 Å². The van der Waals surface area contributed by atoms with Crippen LogP contribution >= 0.6 is 0 Å². The minimum Gasteiger partial charge on any atom is -0.481 e. The summed E-state index contributed by atoms with van der Waals surface area (Å²) in [4.78, 5) is 11.7. The zero-order valence-corrected chi connectivity index (χ0v) is 10.6. The first kappa shape index (κ1) is 12.9. The van der Waals surface area contributed by atoms with Crippen LogP contribution in [0.2, 0.25) is 0 Å². The molecular weight excluding hydrogens is 216 g/mol. The van der Waals surface area contributed by atoms with Crippen molar-refractivity contribution in [3.63, 3.8) is 0 Å². The standard InChI is InChI=1S/C14H24O3/c15-13(16)14(11-12-7-6-10-17-12)8-4-2-1-3-5-9-14/h12H,1-11H2,(H,15,16). The van der Waals surface area contributed by atoms with Gasteiger partial charge in [0.25, 0.3) is 0 Å². The summed E-state index contributed by atoms with van der Waals surface area (Å²) in [5, 5.41) is 9.61. The van der Waals surface area contributed by atoms with Gasteiger partial charge in [0.2, 0.25) is 0 Å². The summed E-state index contributed by atoms with van der Waals surface area (Å²) in [6.07, 6.45) is 10.6. The largest absolute Gasteiger partial charge is 0.481 e. The number of aliphatic carboxylic acids is 1. The molecule has 1 atom stereocenters. The second kappa shape index (κ2) is 5.85. The third kappa shape index (κ3) is 3.21. The van der Waals surface area contributed by atoms with E-state index in [1.807, 2.05) is 0 Å². The Kier molecular flexibility index (Phi) is 4.43. The molecule has 0 spiro atoms. The van der Waals surface area contributed by atoms with Crippen molar-refractivity contribution >= 4 is 5.97 Å². The first-order chi connectivity index (χ1) is 8.23. The van der Waals surface area contributed by atoms with E-state index in [-0.39, 0.29) is 6.10 Å². The minimum absolute atomic E-state index is 0.200. The molecule has 0 aromatic heterocycles. The summed E-state index contributed by atoms with van der Waals surface area (Å²) in [7, 11) is 0. The van der Waals surface area contributed by atoms with Crippen molar-refractivity contribution in [1.82, 2.24) is 0 Å². The van der Waals surface area contributed by atoms with Gasteiger partial charge in [-0.15, -0.1) is 0 Å². The second-order valence-corrected chi connectivity index (χ2v) is 5.69. The molecule has 0 bridgehead atoms. The SMILES string of the molecule is O=C(O)C1(CC2CCCO2)CCCCCCC1. The van der Waals surface area contributed by atoms with Crippen LogP contribution in [0, 0.1) is 5.41 Å². The van der Waals surface area contributed by atoms with Gasteiger partial charge < -0.3 is 9.84 Å². The quantitative estimate of drug-likeness (QED) is 0.822. The average Bonchev–Trinajstić information content (AvgIpc) is 2.74. The molecule has 3 heteroatoms. The fourth-order valence-corrected chi connectivity index (χ4v) is 3.33. The van der Waals surface area contributed by atoms with Crippen molar-refractivity contribution in [2.24, 2.45) is 5.41 Å². The van der Waals surface area contributed by atoms with Gasteiger partial charge in [-0.25, -0.2) is 0 Å². The number of carboxylic acid groups (broad SMARTS) is 1. The van der Waals surface area contributed by atoms with Crippen LogP contribution in [-0.4, -0.2) is 23.8 Å². The van der Waals surface area contributed by atoms with Gasteiger partial charge in [-0.05, 0) is 32.1 Å². The summed E-state index contributed by atoms with van der Waals surface area (Å²) in [5.74, 6) is -0.588. The van der Waals surface area contributed by atoms with Gasteiger partial charge in [0.15, 0.2) is 0 Å². The second-order valence-electron chi connectivity index (χ2n) is 5.69. The molecular formula is C14H24O3. The molecule has 3 nitrogen and oxygen atoms in total. The molecule has 1 N–H and O–H groups in total. The highest BCUT2D eigenvalue weighted by Gasteiger charge is 2.40. The summed E-state index contributed by atoms with van der Waals surface area (Å²) in [5.41, 5.74) is -0.491. The predicted octanol–water partition coefficient (Wildman–Crippen LogP) is 3.37. The van der Waals surface area contributed by atoms with Crippen LogP contribution in [0.4, 0.5) is 0 Å². The number of rotatable bonds is 3. The number of carbonyl (C=O) groups is 1. The lowest BCUT2D eigenvalue weighted by Gasteiger charge is -2.33. The Hall–Kier alpha value is -0.570. The lowest BCUT2D eigenvalue weighted by atomic mass is 9.72. The van der Waals surface area contributed by atoms with Crippen LogP contribution in [0.25, 0.3) is 0 Å². The molecule has 2 aliphatic rings. The van der Waals surface area contributed by atoms with Crippen LogP contribution in [0.15, 0.2) is 0 Å². The zero-order chi connectivity index (χ0) is 12.1. The van der Waals surface area contributed by atoms with Gasteiger partial charge in [0.1, 0.15) is 0 Å². The van der Waals surface area contributed by atoms with Crippen LogP contribution in [0.1, 0.15) is 64.2 Å². The predicted molar refractivity (Wildman–Crippen MR) is 66.0 cm³/mol. The number of hydrogen-bond acceptors (Lipinski definition) is 2. The fraction of sp³-hybridized carbons (Fsp3) is 0.929. The van der Waals surface area contributed by atoms with E-state index in [2.05, 4.69) is 0 Å². The van der Waals surface area contributed by atoms with Crippen molar-refractivity contribution in [3.8, 4) is 0 Å². The Morgan fingerprint density at radius 1 is 1.12 bits per heavy atom. The van der Waals surface area contributed by atoms with E-state index in [0.717, 1.165) is 51.6 Å². The molecule has 0 radical (unpaired) electrons. The Labute approximate surface area is 104 Å². The summed E-state index contributed by atoms with van der Waals surface area (Å²) < 4.78 is 5.64. The Bertz CT molecular complexity index is 248. The molecule has 0 aromatic rings. The van der Waals surface area contributed by atoms with E-state index in [4.69, 9.17) is 4.74 Å². The summed E-state index contributed by atoms with van der Waals surface area (Å²) in [6, 6.07) is 0. The van der Waals surface area contributed by atoms with Gasteiger partial charge in [-0.3, -0.25) is 4.79 Å². The van der Waals surface area contributed by atoms with E-state index >= 15 is 0 Å². The zero-order valence-electron chi connectivity index (χ0n) is 10.6.